The van der Waals surface area contributed by atoms with Gasteiger partial charge in [0.15, 0.2) is 0 Å². The first-order valence-electron chi connectivity index (χ1n) is 6.61. The van der Waals surface area contributed by atoms with Crippen molar-refractivity contribution in [3.63, 3.8) is 0 Å². The van der Waals surface area contributed by atoms with E-state index in [-0.39, 0.29) is 4.90 Å². The summed E-state index contributed by atoms with van der Waals surface area (Å²) in [4.78, 5) is 7.86. The molecule has 2 aromatic rings. The molecule has 0 aliphatic carbocycles. The first kappa shape index (κ1) is 15.4. The van der Waals surface area contributed by atoms with Gasteiger partial charge >= 0.3 is 0 Å². The van der Waals surface area contributed by atoms with Crippen LogP contribution in [0.1, 0.15) is 18.1 Å². The van der Waals surface area contributed by atoms with E-state index in [1.54, 1.807) is 12.1 Å². The van der Waals surface area contributed by atoms with Crippen molar-refractivity contribution in [1.82, 2.24) is 15.3 Å². The van der Waals surface area contributed by atoms with Crippen molar-refractivity contribution >= 4 is 15.7 Å². The molecule has 7 heteroatoms. The van der Waals surface area contributed by atoms with Gasteiger partial charge in [0.1, 0.15) is 6.33 Å². The number of nitrogens with one attached hydrogen (secondary N) is 2. The summed E-state index contributed by atoms with van der Waals surface area (Å²) in [5.41, 5.74) is 2.04. The molecule has 1 aromatic heterocycles. The largest absolute Gasteiger partial charge is 0.313 e. The van der Waals surface area contributed by atoms with Gasteiger partial charge in [-0.25, -0.2) is 18.4 Å². The molecule has 0 amide bonds. The molecule has 0 aliphatic heterocycles. The van der Waals surface area contributed by atoms with Crippen LogP contribution < -0.4 is 10.0 Å². The van der Waals surface area contributed by atoms with Crippen LogP contribution >= 0.6 is 0 Å². The first-order chi connectivity index (χ1) is 10.0. The van der Waals surface area contributed by atoms with Crippen LogP contribution in [0.2, 0.25) is 0 Å². The Kier molecular flexibility index (Phi) is 4.87. The molecule has 1 aromatic carbocycles. The van der Waals surface area contributed by atoms with Crippen molar-refractivity contribution in [2.45, 2.75) is 25.3 Å². The van der Waals surface area contributed by atoms with Gasteiger partial charge in [0.25, 0.3) is 10.0 Å². The maximum absolute atomic E-state index is 12.5. The highest BCUT2D eigenvalue weighted by Crippen LogP contribution is 2.21. The molecule has 0 spiro atoms. The molecule has 0 saturated carbocycles. The van der Waals surface area contributed by atoms with Gasteiger partial charge in [0.05, 0.1) is 23.0 Å². The van der Waals surface area contributed by atoms with Gasteiger partial charge in [-0.15, -0.1) is 0 Å². The average molecular weight is 306 g/mol. The van der Waals surface area contributed by atoms with Crippen molar-refractivity contribution in [1.29, 1.82) is 0 Å². The maximum Gasteiger partial charge on any atom is 0.262 e. The minimum atomic E-state index is -3.65. The topological polar surface area (TPSA) is 84.0 Å². The molecule has 0 radical (unpaired) electrons. The maximum atomic E-state index is 12.5. The van der Waals surface area contributed by atoms with Crippen molar-refractivity contribution < 1.29 is 8.42 Å². The molecular formula is C14H18N4O2S. The van der Waals surface area contributed by atoms with Gasteiger partial charge in [0.2, 0.25) is 0 Å². The minimum Gasteiger partial charge on any atom is -0.313 e. The summed E-state index contributed by atoms with van der Waals surface area (Å²) >= 11 is 0. The number of benzene rings is 1. The van der Waals surface area contributed by atoms with E-state index in [2.05, 4.69) is 20.0 Å². The molecule has 1 heterocycles. The Labute approximate surface area is 124 Å². The number of anilines is 1. The van der Waals surface area contributed by atoms with Crippen LogP contribution in [-0.2, 0) is 16.6 Å². The molecule has 0 bridgehead atoms. The number of hydrogen-bond donors (Lipinski definition) is 2. The lowest BCUT2D eigenvalue weighted by Gasteiger charge is -2.13. The van der Waals surface area contributed by atoms with Gasteiger partial charge < -0.3 is 5.32 Å². The Balaban J connectivity index is 2.32. The third-order valence-electron chi connectivity index (χ3n) is 3.06. The third kappa shape index (κ3) is 3.77. The van der Waals surface area contributed by atoms with Crippen LogP contribution in [0.4, 0.5) is 5.69 Å². The fourth-order valence-corrected chi connectivity index (χ4v) is 3.28. The van der Waals surface area contributed by atoms with Gasteiger partial charge in [-0.1, -0.05) is 19.1 Å². The molecule has 2 rings (SSSR count). The molecule has 0 unspecified atom stereocenters. The minimum absolute atomic E-state index is 0.266. The highest BCUT2D eigenvalue weighted by atomic mass is 32.2. The predicted octanol–water partition coefficient (Wildman–Crippen LogP) is 1.70. The predicted molar refractivity (Wildman–Crippen MR) is 81.4 cm³/mol. The van der Waals surface area contributed by atoms with E-state index in [9.17, 15) is 8.42 Å². The van der Waals surface area contributed by atoms with Gasteiger partial charge in [-0.05, 0) is 30.7 Å². The van der Waals surface area contributed by atoms with Crippen molar-refractivity contribution in [3.8, 4) is 0 Å². The van der Waals surface area contributed by atoms with Crippen LogP contribution in [0, 0.1) is 6.92 Å². The number of nitrogens with zero attached hydrogens (tertiary/aromatic N) is 2. The zero-order chi connectivity index (χ0) is 15.3. The lowest BCUT2D eigenvalue weighted by Crippen LogP contribution is -2.17. The first-order valence-corrected chi connectivity index (χ1v) is 8.10. The van der Waals surface area contributed by atoms with E-state index in [0.717, 1.165) is 17.7 Å². The zero-order valence-corrected chi connectivity index (χ0v) is 12.8. The fraction of sp³-hybridized carbons (Fsp3) is 0.286. The molecule has 0 aliphatic rings. The van der Waals surface area contributed by atoms with E-state index in [0.29, 0.717) is 12.2 Å². The monoisotopic (exact) mass is 306 g/mol. The lowest BCUT2D eigenvalue weighted by molar-refractivity contribution is 0.600. The Morgan fingerprint density at radius 3 is 2.57 bits per heavy atom. The summed E-state index contributed by atoms with van der Waals surface area (Å²) in [6.45, 7) is 5.28. The number of sulfonamides is 1. The Morgan fingerprint density at radius 2 is 1.90 bits per heavy atom. The second-order valence-corrected chi connectivity index (χ2v) is 6.20. The average Bonchev–Trinajstić information content (AvgIpc) is 2.46. The summed E-state index contributed by atoms with van der Waals surface area (Å²) in [7, 11) is -3.65. The molecule has 112 valence electrons. The third-order valence-corrected chi connectivity index (χ3v) is 4.59. The molecular weight excluding hydrogens is 288 g/mol. The molecule has 21 heavy (non-hydrogen) atoms. The Morgan fingerprint density at radius 1 is 1.19 bits per heavy atom. The van der Waals surface area contributed by atoms with Gasteiger partial charge in [0, 0.05) is 6.54 Å². The quantitative estimate of drug-likeness (QED) is 0.848. The Hall–Kier alpha value is -1.99. The second-order valence-electron chi connectivity index (χ2n) is 4.55. The van der Waals surface area contributed by atoms with E-state index in [1.807, 2.05) is 19.9 Å². The van der Waals surface area contributed by atoms with E-state index >= 15 is 0 Å². The van der Waals surface area contributed by atoms with Crippen LogP contribution in [0.3, 0.4) is 0 Å². The normalized spacial score (nSPS) is 11.3. The van der Waals surface area contributed by atoms with E-state index < -0.39 is 10.0 Å². The van der Waals surface area contributed by atoms with Crippen molar-refractivity contribution in [3.05, 3.63) is 48.0 Å². The second kappa shape index (κ2) is 6.64. The molecule has 2 N–H and O–H groups in total. The summed E-state index contributed by atoms with van der Waals surface area (Å²) in [6.07, 6.45) is 4.19. The Bertz CT molecular complexity index is 702. The van der Waals surface area contributed by atoms with Crippen molar-refractivity contribution in [2.24, 2.45) is 0 Å². The molecule has 6 nitrogen and oxygen atoms in total. The van der Waals surface area contributed by atoms with Crippen LogP contribution in [0.5, 0.6) is 0 Å². The van der Waals surface area contributed by atoms with E-state index in [4.69, 9.17) is 0 Å². The highest BCUT2D eigenvalue weighted by Gasteiger charge is 2.18. The summed E-state index contributed by atoms with van der Waals surface area (Å²) in [5.74, 6) is 0. The number of rotatable bonds is 6. The fourth-order valence-electron chi connectivity index (χ4n) is 1.96. The lowest BCUT2D eigenvalue weighted by atomic mass is 10.1. The smallest absolute Gasteiger partial charge is 0.262 e. The van der Waals surface area contributed by atoms with Crippen LogP contribution in [-0.4, -0.2) is 24.9 Å². The summed E-state index contributed by atoms with van der Waals surface area (Å²) < 4.78 is 27.4. The van der Waals surface area contributed by atoms with Crippen LogP contribution in [0.25, 0.3) is 0 Å². The summed E-state index contributed by atoms with van der Waals surface area (Å²) in [5, 5.41) is 3.20. The molecule has 0 atom stereocenters. The number of aromatic nitrogens is 2. The molecule has 0 saturated heterocycles. The highest BCUT2D eigenvalue weighted by molar-refractivity contribution is 7.92. The zero-order valence-electron chi connectivity index (χ0n) is 12.0. The van der Waals surface area contributed by atoms with E-state index in [1.165, 1.54) is 18.7 Å². The van der Waals surface area contributed by atoms with Gasteiger partial charge in [-0.2, -0.15) is 0 Å². The van der Waals surface area contributed by atoms with Crippen LogP contribution in [0.15, 0.2) is 41.8 Å². The molecule has 0 fully saturated rings. The number of hydrogen-bond acceptors (Lipinski definition) is 5. The standard InChI is InChI=1S/C14H18N4O2S/c1-3-15-7-12-5-4-6-14(11(12)2)21(19,20)18-13-8-16-10-17-9-13/h4-6,8-10,15,18H,3,7H2,1-2H3. The SMILES string of the molecule is CCNCc1cccc(S(=O)(=O)Nc2cncnc2)c1C. The van der Waals surface area contributed by atoms with Crippen molar-refractivity contribution in [2.75, 3.05) is 11.3 Å². The summed E-state index contributed by atoms with van der Waals surface area (Å²) in [6, 6.07) is 5.26. The van der Waals surface area contributed by atoms with Gasteiger partial charge in [-0.3, -0.25) is 4.72 Å².